The smallest absolute Gasteiger partial charge is 0.238 e. The summed E-state index contributed by atoms with van der Waals surface area (Å²) in [7, 11) is -3.76. The summed E-state index contributed by atoms with van der Waals surface area (Å²) in [6.07, 6.45) is 0.115. The molecule has 1 unspecified atom stereocenters. The minimum Gasteiger partial charge on any atom is -0.379 e. The van der Waals surface area contributed by atoms with Gasteiger partial charge in [0.1, 0.15) is 5.82 Å². The van der Waals surface area contributed by atoms with Crippen molar-refractivity contribution in [2.24, 2.45) is 5.14 Å². The quantitative estimate of drug-likeness (QED) is 0.700. The highest BCUT2D eigenvalue weighted by Crippen LogP contribution is 2.21. The van der Waals surface area contributed by atoms with E-state index in [2.05, 4.69) is 10.2 Å². The number of nitrogens with one attached hydrogen (secondary N) is 1. The molecule has 7 nitrogen and oxygen atoms in total. The molecule has 3 rings (SSSR count). The number of ether oxygens (including phenoxy) is 1. The van der Waals surface area contributed by atoms with Crippen LogP contribution in [0.1, 0.15) is 17.2 Å². The number of benzene rings is 2. The maximum Gasteiger partial charge on any atom is 0.238 e. The monoisotopic (exact) mass is 421 g/mol. The topological polar surface area (TPSA) is 102 Å². The number of carbonyl (C=O) groups is 1. The molecule has 1 heterocycles. The number of halogens is 1. The first-order chi connectivity index (χ1) is 13.8. The Bertz CT molecular complexity index is 927. The summed E-state index contributed by atoms with van der Waals surface area (Å²) < 4.78 is 41.3. The number of rotatable bonds is 7. The lowest BCUT2D eigenvalue weighted by Crippen LogP contribution is -2.44. The number of morpholine rings is 1. The third-order valence-electron chi connectivity index (χ3n) is 4.85. The van der Waals surface area contributed by atoms with Gasteiger partial charge in [-0.15, -0.1) is 0 Å². The Hall–Kier alpha value is -2.33. The summed E-state index contributed by atoms with van der Waals surface area (Å²) in [6.45, 7) is 3.06. The van der Waals surface area contributed by atoms with Crippen molar-refractivity contribution in [1.82, 2.24) is 10.2 Å². The first kappa shape index (κ1) is 21.4. The number of amides is 1. The van der Waals surface area contributed by atoms with Crippen LogP contribution in [-0.2, 0) is 26.0 Å². The van der Waals surface area contributed by atoms with Crippen LogP contribution in [0.15, 0.2) is 53.4 Å². The molecule has 0 bridgehead atoms. The molecule has 0 aromatic heterocycles. The fourth-order valence-electron chi connectivity index (χ4n) is 3.29. The van der Waals surface area contributed by atoms with E-state index in [9.17, 15) is 17.6 Å². The van der Waals surface area contributed by atoms with E-state index in [1.165, 1.54) is 24.3 Å². The summed E-state index contributed by atoms with van der Waals surface area (Å²) in [5, 5.41) is 8.01. The SMILES string of the molecule is NS(=O)(=O)c1ccc(CC(=O)NCC(c2ccc(F)cc2)N2CCOCC2)cc1. The molecule has 1 saturated heterocycles. The number of nitrogens with zero attached hydrogens (tertiary/aromatic N) is 1. The number of sulfonamides is 1. The largest absolute Gasteiger partial charge is 0.379 e. The Morgan fingerprint density at radius 1 is 1.10 bits per heavy atom. The average Bonchev–Trinajstić information content (AvgIpc) is 2.70. The van der Waals surface area contributed by atoms with E-state index in [4.69, 9.17) is 9.88 Å². The Morgan fingerprint density at radius 3 is 2.31 bits per heavy atom. The zero-order valence-electron chi connectivity index (χ0n) is 15.9. The van der Waals surface area contributed by atoms with Gasteiger partial charge in [0.15, 0.2) is 0 Å². The van der Waals surface area contributed by atoms with Crippen LogP contribution < -0.4 is 10.5 Å². The summed E-state index contributed by atoms with van der Waals surface area (Å²) in [5.74, 6) is -0.491. The normalized spacial score (nSPS) is 16.3. The predicted molar refractivity (Wildman–Crippen MR) is 106 cm³/mol. The summed E-state index contributed by atoms with van der Waals surface area (Å²) in [5.41, 5.74) is 1.60. The molecular weight excluding hydrogens is 397 g/mol. The number of primary sulfonamides is 1. The Labute approximate surface area is 169 Å². The van der Waals surface area contributed by atoms with Crippen molar-refractivity contribution < 1.29 is 22.3 Å². The zero-order valence-corrected chi connectivity index (χ0v) is 16.7. The van der Waals surface area contributed by atoms with Gasteiger partial charge in [0, 0.05) is 19.6 Å². The van der Waals surface area contributed by atoms with Gasteiger partial charge in [-0.05, 0) is 35.4 Å². The average molecular weight is 421 g/mol. The Morgan fingerprint density at radius 2 is 1.72 bits per heavy atom. The highest BCUT2D eigenvalue weighted by Gasteiger charge is 2.23. The van der Waals surface area contributed by atoms with E-state index >= 15 is 0 Å². The highest BCUT2D eigenvalue weighted by atomic mass is 32.2. The van der Waals surface area contributed by atoms with Crippen LogP contribution in [0.4, 0.5) is 4.39 Å². The molecule has 156 valence electrons. The Kier molecular flexibility index (Phi) is 6.96. The minimum atomic E-state index is -3.76. The Balaban J connectivity index is 1.63. The lowest BCUT2D eigenvalue weighted by atomic mass is 10.0. The molecule has 0 radical (unpaired) electrons. The van der Waals surface area contributed by atoms with Gasteiger partial charge in [-0.2, -0.15) is 0 Å². The van der Waals surface area contributed by atoms with Gasteiger partial charge in [0.05, 0.1) is 30.6 Å². The molecule has 1 aliphatic heterocycles. The van der Waals surface area contributed by atoms with Gasteiger partial charge >= 0.3 is 0 Å². The summed E-state index contributed by atoms with van der Waals surface area (Å²) >= 11 is 0. The third-order valence-corrected chi connectivity index (χ3v) is 5.78. The highest BCUT2D eigenvalue weighted by molar-refractivity contribution is 7.89. The standard InChI is InChI=1S/C20H24FN3O4S/c21-17-5-3-16(4-6-17)19(24-9-11-28-12-10-24)14-23-20(25)13-15-1-7-18(8-2-15)29(22,26)27/h1-8,19H,9-14H2,(H,23,25)(H2,22,26,27). The van der Waals surface area contributed by atoms with E-state index < -0.39 is 10.0 Å². The molecule has 2 aromatic rings. The van der Waals surface area contributed by atoms with Crippen molar-refractivity contribution in [1.29, 1.82) is 0 Å². The first-order valence-electron chi connectivity index (χ1n) is 9.28. The van der Waals surface area contributed by atoms with Gasteiger partial charge in [0.2, 0.25) is 15.9 Å². The number of hydrogen-bond acceptors (Lipinski definition) is 5. The van der Waals surface area contributed by atoms with E-state index in [1.54, 1.807) is 24.3 Å². The molecule has 0 saturated carbocycles. The molecule has 9 heteroatoms. The second-order valence-electron chi connectivity index (χ2n) is 6.89. The summed E-state index contributed by atoms with van der Waals surface area (Å²) in [6, 6.07) is 12.1. The fourth-order valence-corrected chi connectivity index (χ4v) is 3.80. The van der Waals surface area contributed by atoms with Crippen molar-refractivity contribution in [2.75, 3.05) is 32.8 Å². The predicted octanol–water partition coefficient (Wildman–Crippen LogP) is 1.21. The van der Waals surface area contributed by atoms with Crippen molar-refractivity contribution >= 4 is 15.9 Å². The molecule has 1 atom stereocenters. The fraction of sp³-hybridized carbons (Fsp3) is 0.350. The van der Waals surface area contributed by atoms with E-state index in [-0.39, 0.29) is 29.1 Å². The number of hydrogen-bond donors (Lipinski definition) is 2. The zero-order chi connectivity index (χ0) is 20.9. The van der Waals surface area contributed by atoms with Gasteiger partial charge in [0.25, 0.3) is 0 Å². The van der Waals surface area contributed by atoms with E-state index in [0.29, 0.717) is 25.3 Å². The summed E-state index contributed by atoms with van der Waals surface area (Å²) in [4.78, 5) is 14.6. The maximum atomic E-state index is 13.3. The van der Waals surface area contributed by atoms with Gasteiger partial charge in [-0.1, -0.05) is 24.3 Å². The molecular formula is C20H24FN3O4S. The third kappa shape index (κ3) is 6.07. The lowest BCUT2D eigenvalue weighted by Gasteiger charge is -2.35. The second kappa shape index (κ2) is 9.45. The van der Waals surface area contributed by atoms with E-state index in [1.807, 2.05) is 0 Å². The molecule has 0 spiro atoms. The van der Waals surface area contributed by atoms with Gasteiger partial charge in [-0.25, -0.2) is 17.9 Å². The molecule has 1 amide bonds. The minimum absolute atomic E-state index is 0.00495. The van der Waals surface area contributed by atoms with Crippen molar-refractivity contribution in [3.8, 4) is 0 Å². The number of carbonyl (C=O) groups excluding carboxylic acids is 1. The molecule has 29 heavy (non-hydrogen) atoms. The van der Waals surface area contributed by atoms with Gasteiger partial charge < -0.3 is 10.1 Å². The van der Waals surface area contributed by atoms with Crippen molar-refractivity contribution in [3.63, 3.8) is 0 Å². The molecule has 1 fully saturated rings. The van der Waals surface area contributed by atoms with Crippen molar-refractivity contribution in [2.45, 2.75) is 17.4 Å². The van der Waals surface area contributed by atoms with Crippen LogP contribution in [0.25, 0.3) is 0 Å². The molecule has 2 aromatic carbocycles. The number of nitrogens with two attached hydrogens (primary N) is 1. The van der Waals surface area contributed by atoms with Gasteiger partial charge in [-0.3, -0.25) is 9.69 Å². The van der Waals surface area contributed by atoms with Crippen LogP contribution in [0, 0.1) is 5.82 Å². The van der Waals surface area contributed by atoms with Crippen LogP contribution in [0.2, 0.25) is 0 Å². The van der Waals surface area contributed by atoms with Crippen LogP contribution in [0.5, 0.6) is 0 Å². The van der Waals surface area contributed by atoms with Crippen molar-refractivity contribution in [3.05, 3.63) is 65.5 Å². The van der Waals surface area contributed by atoms with E-state index in [0.717, 1.165) is 18.7 Å². The first-order valence-corrected chi connectivity index (χ1v) is 10.8. The second-order valence-corrected chi connectivity index (χ2v) is 8.45. The van der Waals surface area contributed by atoms with Crippen LogP contribution in [0.3, 0.4) is 0 Å². The molecule has 3 N–H and O–H groups in total. The van der Waals surface area contributed by atoms with Crippen LogP contribution >= 0.6 is 0 Å². The lowest BCUT2D eigenvalue weighted by molar-refractivity contribution is -0.120. The molecule has 1 aliphatic rings. The van der Waals surface area contributed by atoms with Crippen LogP contribution in [-0.4, -0.2) is 52.1 Å². The maximum absolute atomic E-state index is 13.3. The molecule has 0 aliphatic carbocycles.